The Kier molecular flexibility index (Phi) is 4.69. The van der Waals surface area contributed by atoms with Gasteiger partial charge >= 0.3 is 6.18 Å². The Morgan fingerprint density at radius 3 is 2.27 bits per heavy atom. The fourth-order valence-electron chi connectivity index (χ4n) is 3.11. The molecule has 2 radical (unpaired) electrons. The van der Waals surface area contributed by atoms with E-state index in [-0.39, 0.29) is 11.4 Å². The van der Waals surface area contributed by atoms with Crippen LogP contribution in [0.15, 0.2) is 65.4 Å². The Morgan fingerprint density at radius 2 is 1.65 bits per heavy atom. The molecule has 0 spiro atoms. The molecule has 1 atom stereocenters. The van der Waals surface area contributed by atoms with Crippen LogP contribution in [0.2, 0.25) is 0 Å². The van der Waals surface area contributed by atoms with Gasteiger partial charge in [0.1, 0.15) is 13.5 Å². The SMILES string of the molecule is [B]c1cnn(-c2ccc(C3C=C(C)C=C(C)C(C)=C3)cc2)c1C(F)(F)F. The summed E-state index contributed by atoms with van der Waals surface area (Å²) in [6.45, 7) is 6.16. The second-order valence-electron chi connectivity index (χ2n) is 6.56. The van der Waals surface area contributed by atoms with Crippen LogP contribution in [0.3, 0.4) is 0 Å². The zero-order valence-electron chi connectivity index (χ0n) is 14.8. The minimum absolute atomic E-state index is 0.0718. The van der Waals surface area contributed by atoms with Crippen molar-refractivity contribution in [3.63, 3.8) is 0 Å². The zero-order chi connectivity index (χ0) is 19.1. The van der Waals surface area contributed by atoms with E-state index in [1.807, 2.05) is 19.1 Å². The average Bonchev–Trinajstić information content (AvgIpc) is 2.90. The second-order valence-corrected chi connectivity index (χ2v) is 6.56. The van der Waals surface area contributed by atoms with Gasteiger partial charge in [-0.2, -0.15) is 18.3 Å². The Labute approximate surface area is 152 Å². The average molecular weight is 354 g/mol. The molecular formula is C20H18BF3N2. The van der Waals surface area contributed by atoms with E-state index in [9.17, 15) is 13.2 Å². The number of halogens is 3. The van der Waals surface area contributed by atoms with E-state index in [0.717, 1.165) is 22.0 Å². The predicted molar refractivity (Wildman–Crippen MR) is 98.0 cm³/mol. The molecule has 1 heterocycles. The maximum Gasteiger partial charge on any atom is 0.432 e. The van der Waals surface area contributed by atoms with Gasteiger partial charge in [-0.25, -0.2) is 4.68 Å². The summed E-state index contributed by atoms with van der Waals surface area (Å²) in [5.74, 6) is 0.0718. The summed E-state index contributed by atoms with van der Waals surface area (Å²) in [5.41, 5.74) is 3.54. The van der Waals surface area contributed by atoms with E-state index in [1.165, 1.54) is 11.1 Å². The molecule has 0 bridgehead atoms. The summed E-state index contributed by atoms with van der Waals surface area (Å²) >= 11 is 0. The third-order valence-electron chi connectivity index (χ3n) is 4.53. The molecule has 1 aliphatic rings. The first-order valence-electron chi connectivity index (χ1n) is 8.23. The number of rotatable bonds is 2. The molecule has 0 saturated carbocycles. The Hall–Kier alpha value is -2.50. The Balaban J connectivity index is 1.97. The number of benzene rings is 1. The highest BCUT2D eigenvalue weighted by atomic mass is 19.4. The molecule has 1 aromatic heterocycles. The van der Waals surface area contributed by atoms with E-state index >= 15 is 0 Å². The standard InChI is InChI=1S/C20H18BF3N2/c1-12-8-13(2)14(3)10-16(9-12)15-4-6-17(7-5-15)26-19(20(22,23)24)18(21)11-25-26/h4-11,16H,1-3H3. The summed E-state index contributed by atoms with van der Waals surface area (Å²) in [5, 5.41) is 3.78. The summed E-state index contributed by atoms with van der Waals surface area (Å²) in [4.78, 5) is 0. The van der Waals surface area contributed by atoms with Gasteiger partial charge < -0.3 is 0 Å². The quantitative estimate of drug-likeness (QED) is 0.720. The van der Waals surface area contributed by atoms with Crippen molar-refractivity contribution in [1.29, 1.82) is 0 Å². The van der Waals surface area contributed by atoms with Crippen molar-refractivity contribution >= 4 is 13.3 Å². The summed E-state index contributed by atoms with van der Waals surface area (Å²) < 4.78 is 40.4. The van der Waals surface area contributed by atoms with Crippen LogP contribution in [0.4, 0.5) is 13.2 Å². The first-order valence-corrected chi connectivity index (χ1v) is 8.23. The molecule has 1 aromatic carbocycles. The lowest BCUT2D eigenvalue weighted by Crippen LogP contribution is -2.22. The Morgan fingerprint density at radius 1 is 1.00 bits per heavy atom. The third-order valence-corrected chi connectivity index (χ3v) is 4.53. The summed E-state index contributed by atoms with van der Waals surface area (Å²) in [6, 6.07) is 6.92. The van der Waals surface area contributed by atoms with Crippen LogP contribution in [0.5, 0.6) is 0 Å². The molecule has 0 saturated heterocycles. The number of aromatic nitrogens is 2. The van der Waals surface area contributed by atoms with Crippen molar-refractivity contribution in [1.82, 2.24) is 9.78 Å². The van der Waals surface area contributed by atoms with E-state index in [1.54, 1.807) is 12.1 Å². The van der Waals surface area contributed by atoms with Gasteiger partial charge in [-0.05, 0) is 49.5 Å². The van der Waals surface area contributed by atoms with Crippen LogP contribution in [-0.4, -0.2) is 17.6 Å². The second kappa shape index (κ2) is 6.67. The molecule has 0 N–H and O–H groups in total. The van der Waals surface area contributed by atoms with Gasteiger partial charge in [-0.1, -0.05) is 41.5 Å². The van der Waals surface area contributed by atoms with Crippen LogP contribution in [0.1, 0.15) is 37.9 Å². The lowest BCUT2D eigenvalue weighted by Gasteiger charge is -2.14. The molecule has 0 aliphatic heterocycles. The fraction of sp³-hybridized carbons (Fsp3) is 0.250. The molecule has 3 rings (SSSR count). The van der Waals surface area contributed by atoms with Crippen LogP contribution < -0.4 is 5.46 Å². The van der Waals surface area contributed by atoms with Crippen molar-refractivity contribution in [3.05, 3.63) is 76.7 Å². The van der Waals surface area contributed by atoms with Crippen molar-refractivity contribution in [3.8, 4) is 5.69 Å². The first-order chi connectivity index (χ1) is 12.2. The molecule has 1 unspecified atom stereocenters. The molecular weight excluding hydrogens is 336 g/mol. The number of hydrogen-bond acceptors (Lipinski definition) is 1. The lowest BCUT2D eigenvalue weighted by atomic mass is 9.95. The molecule has 2 nitrogen and oxygen atoms in total. The summed E-state index contributed by atoms with van der Waals surface area (Å²) in [7, 11) is 5.45. The highest BCUT2D eigenvalue weighted by Crippen LogP contribution is 2.31. The van der Waals surface area contributed by atoms with E-state index in [0.29, 0.717) is 5.69 Å². The maximum atomic E-state index is 13.2. The predicted octanol–water partition coefficient (Wildman–Crippen LogP) is 4.62. The normalized spacial score (nSPS) is 18.1. The molecule has 6 heteroatoms. The lowest BCUT2D eigenvalue weighted by molar-refractivity contribution is -0.141. The number of hydrogen-bond donors (Lipinski definition) is 0. The number of allylic oxidation sites excluding steroid dienone is 6. The van der Waals surface area contributed by atoms with Gasteiger partial charge in [-0.15, -0.1) is 0 Å². The van der Waals surface area contributed by atoms with Crippen LogP contribution in [0.25, 0.3) is 5.69 Å². The van der Waals surface area contributed by atoms with Crippen LogP contribution in [0, 0.1) is 0 Å². The van der Waals surface area contributed by atoms with Crippen molar-refractivity contribution in [2.45, 2.75) is 32.9 Å². The van der Waals surface area contributed by atoms with E-state index in [2.05, 4.69) is 37.2 Å². The molecule has 0 fully saturated rings. The van der Waals surface area contributed by atoms with Gasteiger partial charge in [0.25, 0.3) is 0 Å². The third kappa shape index (κ3) is 3.54. The zero-order valence-corrected chi connectivity index (χ0v) is 14.8. The molecule has 2 aromatic rings. The van der Waals surface area contributed by atoms with Gasteiger partial charge in [0.15, 0.2) is 0 Å². The minimum Gasteiger partial charge on any atom is -0.229 e. The highest BCUT2D eigenvalue weighted by molar-refractivity contribution is 6.33. The van der Waals surface area contributed by atoms with Gasteiger partial charge in [0.2, 0.25) is 0 Å². The van der Waals surface area contributed by atoms with Gasteiger partial charge in [-0.3, -0.25) is 0 Å². The molecule has 0 amide bonds. The number of alkyl halides is 3. The van der Waals surface area contributed by atoms with Crippen LogP contribution in [-0.2, 0) is 6.18 Å². The topological polar surface area (TPSA) is 17.8 Å². The van der Waals surface area contributed by atoms with Gasteiger partial charge in [0, 0.05) is 12.1 Å². The summed E-state index contributed by atoms with van der Waals surface area (Å²) in [6.07, 6.45) is 2.88. The Bertz CT molecular complexity index is 916. The smallest absolute Gasteiger partial charge is 0.229 e. The fourth-order valence-corrected chi connectivity index (χ4v) is 3.11. The largest absolute Gasteiger partial charge is 0.432 e. The molecule has 132 valence electrons. The molecule has 1 aliphatic carbocycles. The molecule has 26 heavy (non-hydrogen) atoms. The van der Waals surface area contributed by atoms with E-state index < -0.39 is 11.9 Å². The van der Waals surface area contributed by atoms with Crippen molar-refractivity contribution in [2.24, 2.45) is 0 Å². The minimum atomic E-state index is -4.57. The van der Waals surface area contributed by atoms with Crippen LogP contribution >= 0.6 is 0 Å². The first kappa shape index (κ1) is 18.3. The van der Waals surface area contributed by atoms with E-state index in [4.69, 9.17) is 7.85 Å². The maximum absolute atomic E-state index is 13.2. The van der Waals surface area contributed by atoms with Crippen molar-refractivity contribution < 1.29 is 13.2 Å². The van der Waals surface area contributed by atoms with Gasteiger partial charge in [0.05, 0.1) is 5.69 Å². The monoisotopic (exact) mass is 354 g/mol. The highest BCUT2D eigenvalue weighted by Gasteiger charge is 2.37. The number of nitrogens with zero attached hydrogens (tertiary/aromatic N) is 2. The van der Waals surface area contributed by atoms with Crippen molar-refractivity contribution in [2.75, 3.05) is 0 Å².